The molecule has 0 spiro atoms. The largest absolute Gasteiger partial charge is 0.481 e. The molecular formula is C22H24N2O4. The Hall–Kier alpha value is -3.15. The van der Waals surface area contributed by atoms with Crippen LogP contribution in [0, 0.1) is 5.92 Å². The summed E-state index contributed by atoms with van der Waals surface area (Å²) in [6.07, 6.45) is 1.49. The molecule has 2 aromatic carbocycles. The predicted octanol–water partition coefficient (Wildman–Crippen LogP) is 3.37. The standard InChI is InChI=1S/C22H24N2O4/c1-15(22(27)28)17-9-5-11-19(13-17)23-20(25)18-10-6-12-24(14-18)21(26)16-7-3-2-4-8-16/h2-5,7-9,11,13,15,18H,6,10,12,14H2,1H3,(H,23,25)(H,27,28). The van der Waals surface area contributed by atoms with Gasteiger partial charge in [0.05, 0.1) is 11.8 Å². The van der Waals surface area contributed by atoms with Crippen LogP contribution in [0.4, 0.5) is 5.69 Å². The van der Waals surface area contributed by atoms with E-state index in [2.05, 4.69) is 5.32 Å². The number of rotatable bonds is 5. The van der Waals surface area contributed by atoms with Gasteiger partial charge in [0.2, 0.25) is 5.91 Å². The van der Waals surface area contributed by atoms with Crippen molar-refractivity contribution in [2.75, 3.05) is 18.4 Å². The Bertz CT molecular complexity index is 866. The molecule has 3 rings (SSSR count). The third-order valence-corrected chi connectivity index (χ3v) is 5.12. The Morgan fingerprint density at radius 2 is 1.86 bits per heavy atom. The van der Waals surface area contributed by atoms with Crippen LogP contribution in [0.2, 0.25) is 0 Å². The zero-order valence-corrected chi connectivity index (χ0v) is 15.8. The van der Waals surface area contributed by atoms with E-state index in [1.807, 2.05) is 18.2 Å². The second-order valence-corrected chi connectivity index (χ2v) is 7.13. The first-order valence-corrected chi connectivity index (χ1v) is 9.43. The van der Waals surface area contributed by atoms with E-state index in [0.717, 1.165) is 12.8 Å². The summed E-state index contributed by atoms with van der Waals surface area (Å²) in [5.74, 6) is -2.06. The molecule has 1 saturated heterocycles. The number of benzene rings is 2. The lowest BCUT2D eigenvalue weighted by molar-refractivity contribution is -0.138. The van der Waals surface area contributed by atoms with Gasteiger partial charge in [-0.2, -0.15) is 0 Å². The third kappa shape index (κ3) is 4.57. The molecule has 0 saturated carbocycles. The van der Waals surface area contributed by atoms with Gasteiger partial charge in [0.15, 0.2) is 0 Å². The average molecular weight is 380 g/mol. The fourth-order valence-corrected chi connectivity index (χ4v) is 3.41. The molecule has 2 N–H and O–H groups in total. The molecule has 2 atom stereocenters. The van der Waals surface area contributed by atoms with Crippen molar-refractivity contribution in [1.82, 2.24) is 4.90 Å². The normalized spacial score (nSPS) is 17.6. The molecule has 146 valence electrons. The van der Waals surface area contributed by atoms with E-state index >= 15 is 0 Å². The molecule has 0 aromatic heterocycles. The van der Waals surface area contributed by atoms with Crippen LogP contribution in [0.25, 0.3) is 0 Å². The van der Waals surface area contributed by atoms with Crippen LogP contribution in [0.1, 0.15) is 41.6 Å². The number of carbonyl (C=O) groups excluding carboxylic acids is 2. The number of nitrogens with one attached hydrogen (secondary N) is 1. The lowest BCUT2D eigenvalue weighted by atomic mass is 9.96. The van der Waals surface area contributed by atoms with Crippen molar-refractivity contribution in [1.29, 1.82) is 0 Å². The van der Waals surface area contributed by atoms with E-state index in [0.29, 0.717) is 29.9 Å². The van der Waals surface area contributed by atoms with Crippen LogP contribution in [0.5, 0.6) is 0 Å². The van der Waals surface area contributed by atoms with Crippen molar-refractivity contribution in [3.63, 3.8) is 0 Å². The summed E-state index contributed by atoms with van der Waals surface area (Å²) in [5.41, 5.74) is 1.83. The number of anilines is 1. The maximum absolute atomic E-state index is 12.7. The number of nitrogens with zero attached hydrogens (tertiary/aromatic N) is 1. The van der Waals surface area contributed by atoms with Gasteiger partial charge in [0.1, 0.15) is 0 Å². The highest BCUT2D eigenvalue weighted by atomic mass is 16.4. The summed E-state index contributed by atoms with van der Waals surface area (Å²) in [4.78, 5) is 38.3. The van der Waals surface area contributed by atoms with Gasteiger partial charge in [0.25, 0.3) is 5.91 Å². The van der Waals surface area contributed by atoms with Gasteiger partial charge in [-0.15, -0.1) is 0 Å². The Kier molecular flexibility index (Phi) is 6.09. The maximum Gasteiger partial charge on any atom is 0.310 e. The summed E-state index contributed by atoms with van der Waals surface area (Å²) < 4.78 is 0. The predicted molar refractivity (Wildman–Crippen MR) is 106 cm³/mol. The van der Waals surface area contributed by atoms with E-state index < -0.39 is 11.9 Å². The molecule has 6 nitrogen and oxygen atoms in total. The van der Waals surface area contributed by atoms with Crippen LogP contribution >= 0.6 is 0 Å². The SMILES string of the molecule is CC(C(=O)O)c1cccc(NC(=O)C2CCCN(C(=O)c3ccccc3)C2)c1. The smallest absolute Gasteiger partial charge is 0.310 e. The highest BCUT2D eigenvalue weighted by Gasteiger charge is 2.29. The number of carbonyl (C=O) groups is 3. The van der Waals surface area contributed by atoms with Gasteiger partial charge >= 0.3 is 5.97 Å². The molecule has 6 heteroatoms. The molecule has 1 heterocycles. The quantitative estimate of drug-likeness (QED) is 0.833. The minimum absolute atomic E-state index is 0.0598. The number of likely N-dealkylation sites (tertiary alicyclic amines) is 1. The highest BCUT2D eigenvalue weighted by Crippen LogP contribution is 2.23. The van der Waals surface area contributed by atoms with Crippen molar-refractivity contribution >= 4 is 23.5 Å². The molecule has 1 aliphatic heterocycles. The van der Waals surface area contributed by atoms with E-state index in [1.54, 1.807) is 48.2 Å². The molecule has 28 heavy (non-hydrogen) atoms. The number of carboxylic acids is 1. The molecule has 1 aliphatic rings. The fraction of sp³-hybridized carbons (Fsp3) is 0.318. The van der Waals surface area contributed by atoms with Gasteiger partial charge in [-0.1, -0.05) is 30.3 Å². The van der Waals surface area contributed by atoms with Crippen molar-refractivity contribution in [2.45, 2.75) is 25.7 Å². The lowest BCUT2D eigenvalue weighted by Crippen LogP contribution is -2.43. The Morgan fingerprint density at radius 1 is 1.11 bits per heavy atom. The first-order chi connectivity index (χ1) is 13.5. The Balaban J connectivity index is 1.65. The van der Waals surface area contributed by atoms with Crippen molar-refractivity contribution in [2.24, 2.45) is 5.92 Å². The summed E-state index contributed by atoms with van der Waals surface area (Å²) >= 11 is 0. The molecule has 0 radical (unpaired) electrons. The number of hydrogen-bond acceptors (Lipinski definition) is 3. The van der Waals surface area contributed by atoms with Crippen LogP contribution in [0.3, 0.4) is 0 Å². The number of amides is 2. The van der Waals surface area contributed by atoms with Crippen LogP contribution in [-0.2, 0) is 9.59 Å². The molecule has 2 amide bonds. The van der Waals surface area contributed by atoms with Gasteiger partial charge < -0.3 is 15.3 Å². The van der Waals surface area contributed by atoms with Gasteiger partial charge in [-0.3, -0.25) is 14.4 Å². The maximum atomic E-state index is 12.7. The van der Waals surface area contributed by atoms with E-state index in [4.69, 9.17) is 5.11 Å². The molecular weight excluding hydrogens is 356 g/mol. The summed E-state index contributed by atoms with van der Waals surface area (Å²) in [6, 6.07) is 16.0. The second-order valence-electron chi connectivity index (χ2n) is 7.13. The van der Waals surface area contributed by atoms with Crippen molar-refractivity contribution in [3.8, 4) is 0 Å². The average Bonchev–Trinajstić information content (AvgIpc) is 2.73. The van der Waals surface area contributed by atoms with Gasteiger partial charge in [0, 0.05) is 24.3 Å². The molecule has 2 aromatic rings. The van der Waals surface area contributed by atoms with Crippen LogP contribution in [-0.4, -0.2) is 40.9 Å². The zero-order chi connectivity index (χ0) is 20.1. The molecule has 2 unspecified atom stereocenters. The first kappa shape index (κ1) is 19.6. The summed E-state index contributed by atoms with van der Waals surface area (Å²) in [7, 11) is 0. The van der Waals surface area contributed by atoms with E-state index in [1.165, 1.54) is 0 Å². The summed E-state index contributed by atoms with van der Waals surface area (Å²) in [6.45, 7) is 2.63. The first-order valence-electron chi connectivity index (χ1n) is 9.43. The van der Waals surface area contributed by atoms with Crippen molar-refractivity contribution < 1.29 is 19.5 Å². The minimum Gasteiger partial charge on any atom is -0.481 e. The second kappa shape index (κ2) is 8.69. The molecule has 0 bridgehead atoms. The van der Waals surface area contributed by atoms with Crippen LogP contribution < -0.4 is 5.32 Å². The van der Waals surface area contributed by atoms with E-state index in [-0.39, 0.29) is 17.7 Å². The van der Waals surface area contributed by atoms with E-state index in [9.17, 15) is 14.4 Å². The topological polar surface area (TPSA) is 86.7 Å². The number of aliphatic carboxylic acids is 1. The van der Waals surface area contributed by atoms with Gasteiger partial charge in [-0.05, 0) is 49.6 Å². The minimum atomic E-state index is -0.911. The van der Waals surface area contributed by atoms with Crippen molar-refractivity contribution in [3.05, 3.63) is 65.7 Å². The fourth-order valence-electron chi connectivity index (χ4n) is 3.41. The number of carboxylic acid groups (broad SMARTS) is 1. The highest BCUT2D eigenvalue weighted by molar-refractivity contribution is 5.96. The Morgan fingerprint density at radius 3 is 2.57 bits per heavy atom. The monoisotopic (exact) mass is 380 g/mol. The van der Waals surface area contributed by atoms with Crippen LogP contribution in [0.15, 0.2) is 54.6 Å². The molecule has 1 fully saturated rings. The Labute approximate surface area is 164 Å². The lowest BCUT2D eigenvalue weighted by Gasteiger charge is -2.32. The summed E-state index contributed by atoms with van der Waals surface area (Å²) in [5, 5.41) is 12.0. The molecule has 0 aliphatic carbocycles. The van der Waals surface area contributed by atoms with Gasteiger partial charge in [-0.25, -0.2) is 0 Å². The number of hydrogen-bond donors (Lipinski definition) is 2. The zero-order valence-electron chi connectivity index (χ0n) is 15.8. The third-order valence-electron chi connectivity index (χ3n) is 5.12. The number of piperidine rings is 1.